The summed E-state index contributed by atoms with van der Waals surface area (Å²) in [5, 5.41) is 6.01. The Balaban J connectivity index is 1.69. The number of anilines is 2. The lowest BCUT2D eigenvalue weighted by atomic mass is 9.63. The topological polar surface area (TPSA) is 107 Å². The van der Waals surface area contributed by atoms with Gasteiger partial charge in [-0.1, -0.05) is 56.1 Å². The summed E-state index contributed by atoms with van der Waals surface area (Å²) in [4.78, 5) is 45.3. The maximum absolute atomic E-state index is 16.0. The lowest BCUT2D eigenvalue weighted by Crippen LogP contribution is -2.45. The van der Waals surface area contributed by atoms with Crippen LogP contribution in [0.5, 0.6) is 5.75 Å². The van der Waals surface area contributed by atoms with Gasteiger partial charge in [-0.25, -0.2) is 9.18 Å². The summed E-state index contributed by atoms with van der Waals surface area (Å²) in [5.74, 6) is -4.16. The SMILES string of the molecule is COC(=O)c1ccc(NC(=O)[C@@H]2C[C@@H](CC(C)(C)C)[C@@]3(C(=O)Nc4c(Cl)ccnc43)[C@H]2c2cccc(Cl)c2F)c(OC)c1. The van der Waals surface area contributed by atoms with Crippen molar-refractivity contribution in [1.29, 1.82) is 0 Å². The van der Waals surface area contributed by atoms with Crippen LogP contribution in [0.25, 0.3) is 0 Å². The molecule has 43 heavy (non-hydrogen) atoms. The molecular weight excluding hydrogens is 596 g/mol. The van der Waals surface area contributed by atoms with E-state index in [9.17, 15) is 14.4 Å². The average Bonchev–Trinajstić information content (AvgIpc) is 3.45. The van der Waals surface area contributed by atoms with E-state index in [1.165, 1.54) is 44.7 Å². The molecule has 1 saturated carbocycles. The fraction of sp³-hybridized carbons (Fsp3) is 0.375. The number of nitrogens with zero attached hydrogens (tertiary/aromatic N) is 1. The number of methoxy groups -OCH3 is 2. The molecule has 3 aromatic rings. The molecule has 8 nitrogen and oxygen atoms in total. The van der Waals surface area contributed by atoms with Gasteiger partial charge in [-0.2, -0.15) is 0 Å². The monoisotopic (exact) mass is 627 g/mol. The van der Waals surface area contributed by atoms with Crippen molar-refractivity contribution in [3.63, 3.8) is 0 Å². The molecule has 11 heteroatoms. The number of carbonyl (C=O) groups is 3. The van der Waals surface area contributed by atoms with Crippen LogP contribution in [-0.4, -0.2) is 37.0 Å². The Hall–Kier alpha value is -3.69. The number of rotatable bonds is 6. The maximum Gasteiger partial charge on any atom is 0.337 e. The zero-order chi connectivity index (χ0) is 31.3. The zero-order valence-corrected chi connectivity index (χ0v) is 25.9. The third kappa shape index (κ3) is 5.23. The van der Waals surface area contributed by atoms with Crippen molar-refractivity contribution >= 4 is 52.4 Å². The third-order valence-electron chi connectivity index (χ3n) is 8.37. The van der Waals surface area contributed by atoms with Crippen molar-refractivity contribution in [3.05, 3.63) is 81.3 Å². The first-order valence-electron chi connectivity index (χ1n) is 13.8. The van der Waals surface area contributed by atoms with Crippen molar-refractivity contribution in [2.75, 3.05) is 24.9 Å². The molecule has 1 aromatic heterocycles. The van der Waals surface area contributed by atoms with E-state index in [0.717, 1.165) is 0 Å². The van der Waals surface area contributed by atoms with Crippen LogP contribution in [0.3, 0.4) is 0 Å². The molecular formula is C32H32Cl2FN3O5. The number of halogens is 3. The molecule has 0 bridgehead atoms. The summed E-state index contributed by atoms with van der Waals surface area (Å²) < 4.78 is 26.2. The number of benzene rings is 2. The van der Waals surface area contributed by atoms with E-state index in [1.807, 2.05) is 0 Å². The molecule has 2 heterocycles. The van der Waals surface area contributed by atoms with Crippen molar-refractivity contribution in [1.82, 2.24) is 4.98 Å². The van der Waals surface area contributed by atoms with Crippen LogP contribution in [0.15, 0.2) is 48.7 Å². The lowest BCUT2D eigenvalue weighted by Gasteiger charge is -2.38. The average molecular weight is 629 g/mol. The molecule has 5 rings (SSSR count). The Labute approximate surface area is 259 Å². The normalized spacial score (nSPS) is 22.7. The van der Waals surface area contributed by atoms with Crippen molar-refractivity contribution < 1.29 is 28.2 Å². The van der Waals surface area contributed by atoms with E-state index in [-0.39, 0.29) is 33.7 Å². The van der Waals surface area contributed by atoms with E-state index in [0.29, 0.717) is 28.5 Å². The third-order valence-corrected chi connectivity index (χ3v) is 8.98. The van der Waals surface area contributed by atoms with Gasteiger partial charge in [0.2, 0.25) is 11.8 Å². The van der Waals surface area contributed by atoms with Crippen LogP contribution >= 0.6 is 23.2 Å². The summed E-state index contributed by atoms with van der Waals surface area (Å²) >= 11 is 12.8. The Bertz CT molecular complexity index is 1620. The number of carbonyl (C=O) groups excluding carboxylic acids is 3. The fourth-order valence-corrected chi connectivity index (χ4v) is 7.17. The summed E-state index contributed by atoms with van der Waals surface area (Å²) in [6, 6.07) is 10.7. The quantitative estimate of drug-likeness (QED) is 0.285. The van der Waals surface area contributed by atoms with Crippen molar-refractivity contribution in [2.45, 2.75) is 44.9 Å². The predicted octanol–water partition coefficient (Wildman–Crippen LogP) is 7.01. The van der Waals surface area contributed by atoms with E-state index in [1.54, 1.807) is 18.2 Å². The number of fused-ring (bicyclic) bond motifs is 2. The van der Waals surface area contributed by atoms with Gasteiger partial charge in [-0.05, 0) is 60.1 Å². The van der Waals surface area contributed by atoms with Gasteiger partial charge in [0.05, 0.1) is 46.9 Å². The van der Waals surface area contributed by atoms with Crippen LogP contribution in [0.4, 0.5) is 15.8 Å². The van der Waals surface area contributed by atoms with Gasteiger partial charge in [0, 0.05) is 18.0 Å². The van der Waals surface area contributed by atoms with Crippen molar-refractivity contribution in [3.8, 4) is 5.75 Å². The highest BCUT2D eigenvalue weighted by molar-refractivity contribution is 6.34. The molecule has 0 unspecified atom stereocenters. The zero-order valence-electron chi connectivity index (χ0n) is 24.4. The van der Waals surface area contributed by atoms with Crippen LogP contribution in [0, 0.1) is 23.1 Å². The van der Waals surface area contributed by atoms with Gasteiger partial charge in [0.15, 0.2) is 0 Å². The highest BCUT2D eigenvalue weighted by atomic mass is 35.5. The first-order valence-corrected chi connectivity index (χ1v) is 14.6. The van der Waals surface area contributed by atoms with E-state index in [4.69, 9.17) is 32.7 Å². The highest BCUT2D eigenvalue weighted by Gasteiger charge is 2.67. The number of hydrogen-bond donors (Lipinski definition) is 2. The van der Waals surface area contributed by atoms with E-state index in [2.05, 4.69) is 36.4 Å². The Kier molecular flexibility index (Phi) is 8.17. The number of amides is 2. The Morgan fingerprint density at radius 2 is 1.88 bits per heavy atom. The van der Waals surface area contributed by atoms with E-state index < -0.39 is 46.8 Å². The molecule has 2 aliphatic rings. The minimum atomic E-state index is -1.42. The maximum atomic E-state index is 16.0. The number of hydrogen-bond acceptors (Lipinski definition) is 6. The highest BCUT2D eigenvalue weighted by Crippen LogP contribution is 2.64. The minimum absolute atomic E-state index is 0.121. The second kappa shape index (κ2) is 11.4. The molecule has 2 amide bonds. The van der Waals surface area contributed by atoms with Crippen LogP contribution in [0.2, 0.25) is 10.0 Å². The van der Waals surface area contributed by atoms with Gasteiger partial charge in [-0.3, -0.25) is 14.6 Å². The molecule has 1 fully saturated rings. The van der Waals surface area contributed by atoms with Crippen molar-refractivity contribution in [2.24, 2.45) is 17.3 Å². The predicted molar refractivity (Wildman–Crippen MR) is 162 cm³/mol. The van der Waals surface area contributed by atoms with Crippen LogP contribution < -0.4 is 15.4 Å². The second-order valence-electron chi connectivity index (χ2n) is 12.2. The smallest absolute Gasteiger partial charge is 0.337 e. The fourth-order valence-electron chi connectivity index (χ4n) is 6.79. The number of pyridine rings is 1. The molecule has 4 atom stereocenters. The Morgan fingerprint density at radius 3 is 2.56 bits per heavy atom. The van der Waals surface area contributed by atoms with Gasteiger partial charge < -0.3 is 20.1 Å². The first-order chi connectivity index (χ1) is 20.3. The summed E-state index contributed by atoms with van der Waals surface area (Å²) in [6.45, 7) is 6.15. The standard InChI is InChI=1S/C32H32Cl2FN3O5/c1-31(2,3)15-17-14-19(28(39)37-22-10-9-16(29(40)43-5)13-23(22)42-4)24(18-7-6-8-20(33)25(18)35)32(17)27-26(38-30(32)41)21(34)11-12-36-27/h6-13,17,19,24H,14-15H2,1-5H3,(H,37,39)(H,38,41)/t17-,19+,24-,32+/m0/s1. The van der Waals surface area contributed by atoms with Gasteiger partial charge in [-0.15, -0.1) is 0 Å². The molecule has 1 spiro atoms. The lowest BCUT2D eigenvalue weighted by molar-refractivity contribution is -0.123. The van der Waals surface area contributed by atoms with Crippen LogP contribution in [-0.2, 0) is 19.7 Å². The first kappa shape index (κ1) is 30.8. The molecule has 2 N–H and O–H groups in total. The summed E-state index contributed by atoms with van der Waals surface area (Å²) in [5.41, 5.74) is -0.239. The molecule has 226 valence electrons. The molecule has 0 saturated heterocycles. The molecule has 2 aromatic carbocycles. The molecule has 0 radical (unpaired) electrons. The number of aromatic nitrogens is 1. The largest absolute Gasteiger partial charge is 0.495 e. The van der Waals surface area contributed by atoms with E-state index >= 15 is 4.39 Å². The number of nitrogens with one attached hydrogen (secondary N) is 2. The number of ether oxygens (including phenoxy) is 2. The van der Waals surface area contributed by atoms with Crippen LogP contribution in [0.1, 0.15) is 61.1 Å². The second-order valence-corrected chi connectivity index (χ2v) is 13.0. The summed E-state index contributed by atoms with van der Waals surface area (Å²) in [7, 11) is 2.68. The van der Waals surface area contributed by atoms with Gasteiger partial charge in [0.25, 0.3) is 0 Å². The number of esters is 1. The summed E-state index contributed by atoms with van der Waals surface area (Å²) in [6.07, 6.45) is 2.31. The molecule has 1 aliphatic heterocycles. The molecule has 1 aliphatic carbocycles. The van der Waals surface area contributed by atoms with Gasteiger partial charge >= 0.3 is 5.97 Å². The van der Waals surface area contributed by atoms with Gasteiger partial charge in [0.1, 0.15) is 17.0 Å². The minimum Gasteiger partial charge on any atom is -0.495 e. The Morgan fingerprint density at radius 1 is 1.14 bits per heavy atom.